The van der Waals surface area contributed by atoms with Gasteiger partial charge >= 0.3 is 0 Å². The van der Waals surface area contributed by atoms with Gasteiger partial charge < -0.3 is 10.3 Å². The first-order valence-corrected chi connectivity index (χ1v) is 12.9. The van der Waals surface area contributed by atoms with E-state index in [1.807, 2.05) is 31.5 Å². The maximum atomic E-state index is 13.0. The maximum absolute atomic E-state index is 13.0. The van der Waals surface area contributed by atoms with E-state index in [4.69, 9.17) is 5.10 Å². The molecule has 0 amide bonds. The molecular weight excluding hydrogens is 452 g/mol. The van der Waals surface area contributed by atoms with Gasteiger partial charge in [0.15, 0.2) is 5.82 Å². The summed E-state index contributed by atoms with van der Waals surface area (Å²) in [5.74, 6) is 0.398. The van der Waals surface area contributed by atoms with Crippen LogP contribution in [0.3, 0.4) is 0 Å². The van der Waals surface area contributed by atoms with E-state index in [0.29, 0.717) is 39.3 Å². The predicted octanol–water partition coefficient (Wildman–Crippen LogP) is 3.95. The number of hydrogen-bond acceptors (Lipinski definition) is 6. The Morgan fingerprint density at radius 3 is 2.65 bits per heavy atom. The Hall–Kier alpha value is -3.16. The third-order valence-electron chi connectivity index (χ3n) is 6.95. The molecule has 0 atom stereocenters. The minimum Gasteiger partial charge on any atom is -0.338 e. The topological polar surface area (TPSA) is 124 Å². The van der Waals surface area contributed by atoms with Gasteiger partial charge in [0, 0.05) is 24.0 Å². The van der Waals surface area contributed by atoms with E-state index in [2.05, 4.69) is 16.4 Å². The number of nitrogens with one attached hydrogen (secondary N) is 2. The smallest absolute Gasteiger partial charge is 0.261 e. The molecule has 1 aliphatic heterocycles. The quantitative estimate of drug-likeness (QED) is 0.583. The highest BCUT2D eigenvalue weighted by molar-refractivity contribution is 7.89. The fourth-order valence-electron chi connectivity index (χ4n) is 5.30. The predicted molar refractivity (Wildman–Crippen MR) is 129 cm³/mol. The van der Waals surface area contributed by atoms with Crippen LogP contribution >= 0.6 is 0 Å². The molecule has 1 saturated carbocycles. The van der Waals surface area contributed by atoms with Crippen molar-refractivity contribution in [3.05, 3.63) is 46.4 Å². The van der Waals surface area contributed by atoms with Crippen molar-refractivity contribution >= 4 is 32.4 Å². The summed E-state index contributed by atoms with van der Waals surface area (Å²) in [6.07, 6.45) is 5.63. The SMILES string of the molecule is CC(C)(C)N1Cc2cc(Nc3nn(C4(CC#N)CCCC4)c4cc[nH]c(=O)c34)ccc2S1(=O)=O. The number of aromatic amines is 1. The highest BCUT2D eigenvalue weighted by atomic mass is 32.2. The summed E-state index contributed by atoms with van der Waals surface area (Å²) in [5, 5.41) is 18.0. The first kappa shape index (κ1) is 22.6. The summed E-state index contributed by atoms with van der Waals surface area (Å²) in [7, 11) is -3.56. The number of pyridine rings is 1. The van der Waals surface area contributed by atoms with Crippen LogP contribution in [0.5, 0.6) is 0 Å². The van der Waals surface area contributed by atoms with Crippen LogP contribution in [-0.4, -0.2) is 33.0 Å². The Morgan fingerprint density at radius 2 is 1.97 bits per heavy atom. The van der Waals surface area contributed by atoms with E-state index in [-0.39, 0.29) is 12.1 Å². The van der Waals surface area contributed by atoms with Gasteiger partial charge in [-0.3, -0.25) is 9.48 Å². The average Bonchev–Trinajstić information content (AvgIpc) is 3.44. The van der Waals surface area contributed by atoms with Crippen molar-refractivity contribution in [2.24, 2.45) is 0 Å². The number of benzene rings is 1. The molecule has 3 aromatic rings. The Labute approximate surface area is 198 Å². The van der Waals surface area contributed by atoms with Crippen molar-refractivity contribution in [3.63, 3.8) is 0 Å². The minimum atomic E-state index is -3.56. The molecule has 3 heterocycles. The standard InChI is InChI=1S/C24H28N6O3S/c1-23(2,3)29-15-16-14-17(6-7-19(16)34(29,32)33)27-21-20-18(8-13-26-22(20)31)30(28-21)24(11-12-25)9-4-5-10-24/h6-8,13-14H,4-5,9-11,15H2,1-3H3,(H,26,31)(H,27,28). The zero-order valence-corrected chi connectivity index (χ0v) is 20.4. The Morgan fingerprint density at radius 1 is 1.24 bits per heavy atom. The van der Waals surface area contributed by atoms with Crippen molar-refractivity contribution in [1.29, 1.82) is 5.26 Å². The number of nitrogens with zero attached hydrogens (tertiary/aromatic N) is 4. The van der Waals surface area contributed by atoms with Crippen LogP contribution in [0.2, 0.25) is 0 Å². The van der Waals surface area contributed by atoms with Crippen LogP contribution in [0, 0.1) is 11.3 Å². The number of H-pyrrole nitrogens is 1. The molecule has 0 spiro atoms. The normalized spacial score (nSPS) is 19.2. The monoisotopic (exact) mass is 480 g/mol. The van der Waals surface area contributed by atoms with Crippen LogP contribution in [0.1, 0.15) is 58.4 Å². The van der Waals surface area contributed by atoms with E-state index >= 15 is 0 Å². The number of sulfonamides is 1. The van der Waals surface area contributed by atoms with Gasteiger partial charge in [-0.15, -0.1) is 0 Å². The van der Waals surface area contributed by atoms with Gasteiger partial charge in [0.2, 0.25) is 10.0 Å². The first-order valence-electron chi connectivity index (χ1n) is 11.5. The molecule has 1 aliphatic carbocycles. The van der Waals surface area contributed by atoms with Gasteiger partial charge in [0.1, 0.15) is 5.39 Å². The fraction of sp³-hybridized carbons (Fsp3) is 0.458. The van der Waals surface area contributed by atoms with E-state index in [0.717, 1.165) is 25.7 Å². The van der Waals surface area contributed by atoms with Crippen molar-refractivity contribution < 1.29 is 8.42 Å². The van der Waals surface area contributed by atoms with E-state index in [1.54, 1.807) is 24.4 Å². The molecule has 2 N–H and O–H groups in total. The van der Waals surface area contributed by atoms with Crippen LogP contribution in [-0.2, 0) is 22.1 Å². The van der Waals surface area contributed by atoms with Gasteiger partial charge in [-0.1, -0.05) is 12.8 Å². The maximum Gasteiger partial charge on any atom is 0.261 e. The zero-order valence-electron chi connectivity index (χ0n) is 19.6. The third-order valence-corrected chi connectivity index (χ3v) is 9.16. The van der Waals surface area contributed by atoms with E-state index < -0.39 is 21.1 Å². The third kappa shape index (κ3) is 3.42. The van der Waals surface area contributed by atoms with Crippen molar-refractivity contribution in [3.8, 4) is 6.07 Å². The molecule has 1 fully saturated rings. The molecule has 34 heavy (non-hydrogen) atoms. The van der Waals surface area contributed by atoms with Gasteiger partial charge in [-0.05, 0) is 63.4 Å². The second kappa shape index (κ2) is 7.68. The van der Waals surface area contributed by atoms with Crippen LogP contribution < -0.4 is 10.9 Å². The average molecular weight is 481 g/mol. The lowest BCUT2D eigenvalue weighted by Gasteiger charge is -2.29. The van der Waals surface area contributed by atoms with Crippen LogP contribution in [0.15, 0.2) is 40.2 Å². The molecule has 0 saturated heterocycles. The number of fused-ring (bicyclic) bond motifs is 2. The Balaban J connectivity index is 1.58. The van der Waals surface area contributed by atoms with Crippen molar-refractivity contribution in [1.82, 2.24) is 19.1 Å². The van der Waals surface area contributed by atoms with E-state index in [9.17, 15) is 18.5 Å². The summed E-state index contributed by atoms with van der Waals surface area (Å²) in [6, 6.07) is 9.25. The second-order valence-corrected chi connectivity index (χ2v) is 12.1. The highest BCUT2D eigenvalue weighted by Gasteiger charge is 2.41. The summed E-state index contributed by atoms with van der Waals surface area (Å²) in [6.45, 7) is 5.92. The second-order valence-electron chi connectivity index (χ2n) is 10.2. The largest absolute Gasteiger partial charge is 0.338 e. The minimum absolute atomic E-state index is 0.265. The highest BCUT2D eigenvalue weighted by Crippen LogP contribution is 2.42. The lowest BCUT2D eigenvalue weighted by atomic mass is 9.94. The molecule has 9 nitrogen and oxygen atoms in total. The molecule has 10 heteroatoms. The Kier molecular flexibility index (Phi) is 5.11. The molecule has 0 unspecified atom stereocenters. The lowest BCUT2D eigenvalue weighted by molar-refractivity contribution is 0.252. The number of aromatic nitrogens is 3. The van der Waals surface area contributed by atoms with Gasteiger partial charge in [0.25, 0.3) is 5.56 Å². The Bertz CT molecular complexity index is 1480. The summed E-state index contributed by atoms with van der Waals surface area (Å²) >= 11 is 0. The number of anilines is 2. The molecule has 2 aliphatic rings. The first-order chi connectivity index (χ1) is 16.1. The number of hydrogen-bond donors (Lipinski definition) is 2. The molecule has 1 aromatic carbocycles. The van der Waals surface area contributed by atoms with Gasteiger partial charge in [-0.25, -0.2) is 8.42 Å². The molecule has 0 bridgehead atoms. The van der Waals surface area contributed by atoms with Gasteiger partial charge in [0.05, 0.1) is 28.4 Å². The molecule has 2 aromatic heterocycles. The number of rotatable bonds is 4. The zero-order chi connectivity index (χ0) is 24.3. The van der Waals surface area contributed by atoms with Crippen molar-refractivity contribution in [2.45, 2.75) is 75.4 Å². The van der Waals surface area contributed by atoms with E-state index in [1.165, 1.54) is 4.31 Å². The molecule has 178 valence electrons. The van der Waals surface area contributed by atoms with Crippen LogP contribution in [0.4, 0.5) is 11.5 Å². The molecule has 5 rings (SSSR count). The number of nitriles is 1. The molecule has 0 radical (unpaired) electrons. The summed E-state index contributed by atoms with van der Waals surface area (Å²) in [5.41, 5.74) is 0.809. The summed E-state index contributed by atoms with van der Waals surface area (Å²) in [4.78, 5) is 15.8. The summed E-state index contributed by atoms with van der Waals surface area (Å²) < 4.78 is 29.3. The van der Waals surface area contributed by atoms with Gasteiger partial charge in [-0.2, -0.15) is 14.7 Å². The lowest BCUT2D eigenvalue weighted by Crippen LogP contribution is -2.41. The van der Waals surface area contributed by atoms with Crippen LogP contribution in [0.25, 0.3) is 10.9 Å². The molecular formula is C24H28N6O3S. The van der Waals surface area contributed by atoms with Crippen molar-refractivity contribution in [2.75, 3.05) is 5.32 Å². The fourth-order valence-corrected chi connectivity index (χ4v) is 7.26.